The van der Waals surface area contributed by atoms with Crippen LogP contribution in [0.1, 0.15) is 200 Å². The Morgan fingerprint density at radius 3 is 1.39 bits per heavy atom. The van der Waals surface area contributed by atoms with Crippen LogP contribution < -0.4 is 0 Å². The lowest BCUT2D eigenvalue weighted by Gasteiger charge is -2.42. The van der Waals surface area contributed by atoms with Gasteiger partial charge in [0.2, 0.25) is 0 Å². The number of hydrogen-bond donors (Lipinski definition) is 7. The van der Waals surface area contributed by atoms with Crippen molar-refractivity contribution in [2.75, 3.05) is 26.4 Å². The van der Waals surface area contributed by atoms with E-state index in [1.807, 2.05) is 0 Å². The van der Waals surface area contributed by atoms with E-state index in [0.717, 1.165) is 57.8 Å². The van der Waals surface area contributed by atoms with Crippen LogP contribution >= 0.6 is 0 Å². The monoisotopic (exact) mass is 945 g/mol. The van der Waals surface area contributed by atoms with Crippen molar-refractivity contribution < 1.29 is 73.8 Å². The second-order valence-corrected chi connectivity index (χ2v) is 18.5. The van der Waals surface area contributed by atoms with Gasteiger partial charge in [-0.15, -0.1) is 5.73 Å². The summed E-state index contributed by atoms with van der Waals surface area (Å²) in [4.78, 5) is 25.7. The molecule has 66 heavy (non-hydrogen) atoms. The Balaban J connectivity index is 1.82. The number of unbranched alkanes of at least 4 members (excludes halogenated alkanes) is 24. The third-order valence-corrected chi connectivity index (χ3v) is 12.5. The summed E-state index contributed by atoms with van der Waals surface area (Å²) < 4.78 is 33.6. The summed E-state index contributed by atoms with van der Waals surface area (Å²) in [6.07, 6.45) is 18.7. The van der Waals surface area contributed by atoms with Crippen molar-refractivity contribution in [3.05, 3.63) is 17.9 Å². The Kier molecular flexibility index (Phi) is 35.4. The first-order valence-electron chi connectivity index (χ1n) is 26.0. The molecule has 0 saturated carbocycles. The molecule has 2 aliphatic rings. The van der Waals surface area contributed by atoms with Gasteiger partial charge in [-0.25, -0.2) is 0 Å². The highest BCUT2D eigenvalue weighted by atomic mass is 16.7. The molecule has 2 fully saturated rings. The largest absolute Gasteiger partial charge is 0.462 e. The smallest absolute Gasteiger partial charge is 0.306 e. The average Bonchev–Trinajstić information content (AvgIpc) is 3.31. The number of esters is 2. The van der Waals surface area contributed by atoms with E-state index < -0.39 is 92.7 Å². The second kappa shape index (κ2) is 38.8. The quantitative estimate of drug-likeness (QED) is 0.0184. The predicted octanol–water partition coefficient (Wildman–Crippen LogP) is 7.15. The van der Waals surface area contributed by atoms with Gasteiger partial charge in [0.15, 0.2) is 18.7 Å². The van der Waals surface area contributed by atoms with E-state index in [1.54, 1.807) is 0 Å². The van der Waals surface area contributed by atoms with Gasteiger partial charge >= 0.3 is 11.9 Å². The Bertz CT molecular complexity index is 1260. The van der Waals surface area contributed by atoms with Crippen LogP contribution in [0.3, 0.4) is 0 Å². The van der Waals surface area contributed by atoms with E-state index in [-0.39, 0.29) is 26.1 Å². The fraction of sp³-hybridized carbons (Fsp3) is 0.902. The van der Waals surface area contributed by atoms with E-state index in [2.05, 4.69) is 31.7 Å². The second-order valence-electron chi connectivity index (χ2n) is 18.5. The van der Waals surface area contributed by atoms with Gasteiger partial charge in [-0.3, -0.25) is 9.59 Å². The molecule has 11 atom stereocenters. The first-order valence-corrected chi connectivity index (χ1v) is 26.0. The van der Waals surface area contributed by atoms with Crippen LogP contribution in [-0.4, -0.2) is 142 Å². The van der Waals surface area contributed by atoms with Crippen molar-refractivity contribution in [3.8, 4) is 0 Å². The summed E-state index contributed by atoms with van der Waals surface area (Å²) in [5, 5.41) is 72.0. The van der Waals surface area contributed by atoms with Gasteiger partial charge in [0.05, 0.1) is 19.8 Å². The van der Waals surface area contributed by atoms with E-state index in [9.17, 15) is 45.3 Å². The van der Waals surface area contributed by atoms with Crippen LogP contribution in [0, 0.1) is 0 Å². The first kappa shape index (κ1) is 60.1. The number of carbonyl (C=O) groups is 2. The molecule has 0 aromatic carbocycles. The number of aliphatic hydroxyl groups excluding tert-OH is 7. The molecule has 0 amide bonds. The van der Waals surface area contributed by atoms with Crippen LogP contribution in [-0.2, 0) is 38.0 Å². The molecule has 2 heterocycles. The maximum atomic E-state index is 13.0. The zero-order chi connectivity index (χ0) is 48.2. The molecule has 2 aliphatic heterocycles. The SMILES string of the molecule is CCCCCCCC=C=CCCCCCCCC(=O)O[C@H](COC(=O)CCCCCCCCCCCCCCCCC)CO[C@@H]1O[C@H](CO[C@@H]2O[C@H](CO)[C@H](O)C(O)C2O)[C@H](O)C(O)C1O. The molecule has 7 N–H and O–H groups in total. The summed E-state index contributed by atoms with van der Waals surface area (Å²) in [7, 11) is 0. The lowest BCUT2D eigenvalue weighted by Crippen LogP contribution is -2.61. The van der Waals surface area contributed by atoms with Crippen molar-refractivity contribution in [2.24, 2.45) is 0 Å². The fourth-order valence-electron chi connectivity index (χ4n) is 8.19. The molecule has 2 saturated heterocycles. The number of allylic oxidation sites excluding steroid dienone is 1. The molecule has 0 spiro atoms. The van der Waals surface area contributed by atoms with E-state index in [4.69, 9.17) is 28.4 Å². The minimum Gasteiger partial charge on any atom is -0.462 e. The van der Waals surface area contributed by atoms with Crippen molar-refractivity contribution >= 4 is 11.9 Å². The minimum absolute atomic E-state index is 0.148. The van der Waals surface area contributed by atoms with Crippen LogP contribution in [0.15, 0.2) is 17.9 Å². The van der Waals surface area contributed by atoms with Crippen LogP contribution in [0.5, 0.6) is 0 Å². The van der Waals surface area contributed by atoms with Crippen molar-refractivity contribution in [1.29, 1.82) is 0 Å². The van der Waals surface area contributed by atoms with Crippen molar-refractivity contribution in [3.63, 3.8) is 0 Å². The Hall–Kier alpha value is -1.98. The van der Waals surface area contributed by atoms with Gasteiger partial charge in [-0.1, -0.05) is 149 Å². The molecule has 0 aromatic rings. The summed E-state index contributed by atoms with van der Waals surface area (Å²) >= 11 is 0. The van der Waals surface area contributed by atoms with Crippen molar-refractivity contribution in [2.45, 2.75) is 268 Å². The standard InChI is InChI=1S/C51H92O15/c1-3-5-7-9-11-13-15-17-19-21-23-25-27-29-31-33-42(53)61-36-39(64-43(54)34-32-30-28-26-24-22-20-18-16-14-12-10-8-6-4-2)37-62-50-49(60)47(58)45(56)41(66-50)38-63-51-48(59)46(57)44(55)40(35-52)65-51/h16,20,39-41,44-52,55-60H,3-15,17,19,21-38H2,1-2H3/t18?,39-,40-,41-,44+,45+,46?,47?,48?,49?,50-,51-/m1/s1. The molecular formula is C51H92O15. The summed E-state index contributed by atoms with van der Waals surface area (Å²) in [6, 6.07) is 0. The molecule has 0 aliphatic carbocycles. The summed E-state index contributed by atoms with van der Waals surface area (Å²) in [5.74, 6) is -0.937. The van der Waals surface area contributed by atoms with E-state index in [1.165, 1.54) is 103 Å². The first-order chi connectivity index (χ1) is 32.0. The molecule has 4 unspecified atom stereocenters. The zero-order valence-corrected chi connectivity index (χ0v) is 40.7. The van der Waals surface area contributed by atoms with E-state index in [0.29, 0.717) is 12.8 Å². The van der Waals surface area contributed by atoms with Gasteiger partial charge in [-0.05, 0) is 50.7 Å². The maximum Gasteiger partial charge on any atom is 0.306 e. The number of carbonyl (C=O) groups excluding carboxylic acids is 2. The fourth-order valence-corrected chi connectivity index (χ4v) is 8.19. The van der Waals surface area contributed by atoms with E-state index >= 15 is 0 Å². The molecule has 0 radical (unpaired) electrons. The lowest BCUT2D eigenvalue weighted by atomic mass is 9.98. The topological polar surface area (TPSA) is 231 Å². The Morgan fingerprint density at radius 1 is 0.500 bits per heavy atom. The van der Waals surface area contributed by atoms with Gasteiger partial charge in [0, 0.05) is 12.8 Å². The number of aliphatic hydroxyl groups is 7. The third-order valence-electron chi connectivity index (χ3n) is 12.5. The van der Waals surface area contributed by atoms with Crippen LogP contribution in [0.4, 0.5) is 0 Å². The number of hydrogen-bond acceptors (Lipinski definition) is 15. The minimum atomic E-state index is -1.77. The third kappa shape index (κ3) is 26.7. The molecule has 0 bridgehead atoms. The molecule has 2 rings (SSSR count). The molecule has 0 aromatic heterocycles. The molecule has 386 valence electrons. The Labute approximate surface area is 396 Å². The lowest BCUT2D eigenvalue weighted by molar-refractivity contribution is -0.332. The number of rotatable bonds is 40. The summed E-state index contributed by atoms with van der Waals surface area (Å²) in [6.45, 7) is 2.57. The van der Waals surface area contributed by atoms with Crippen LogP contribution in [0.2, 0.25) is 0 Å². The highest BCUT2D eigenvalue weighted by Crippen LogP contribution is 2.26. The maximum absolute atomic E-state index is 13.0. The predicted molar refractivity (Wildman–Crippen MR) is 251 cm³/mol. The van der Waals surface area contributed by atoms with Gasteiger partial charge in [0.1, 0.15) is 55.4 Å². The highest BCUT2D eigenvalue weighted by molar-refractivity contribution is 5.70. The summed E-state index contributed by atoms with van der Waals surface area (Å²) in [5.41, 5.74) is 3.29. The molecule has 15 heteroatoms. The molecule has 15 nitrogen and oxygen atoms in total. The highest BCUT2D eigenvalue weighted by Gasteiger charge is 2.47. The van der Waals surface area contributed by atoms with Crippen LogP contribution in [0.25, 0.3) is 0 Å². The molecular weight excluding hydrogens is 853 g/mol. The zero-order valence-electron chi connectivity index (χ0n) is 40.7. The van der Waals surface area contributed by atoms with Gasteiger partial charge in [-0.2, -0.15) is 0 Å². The van der Waals surface area contributed by atoms with Gasteiger partial charge in [0.25, 0.3) is 0 Å². The Morgan fingerprint density at radius 2 is 0.909 bits per heavy atom. The normalized spacial score (nSPS) is 25.8. The average molecular weight is 945 g/mol. The van der Waals surface area contributed by atoms with Gasteiger partial charge < -0.3 is 64.2 Å². The number of ether oxygens (including phenoxy) is 6. The van der Waals surface area contributed by atoms with Crippen molar-refractivity contribution in [1.82, 2.24) is 0 Å².